The Labute approximate surface area is 130 Å². The van der Waals surface area contributed by atoms with Gasteiger partial charge in [-0.05, 0) is 13.3 Å². The Morgan fingerprint density at radius 2 is 2.00 bits per heavy atom. The second-order valence-electron chi connectivity index (χ2n) is 4.55. The Hall–Kier alpha value is -1.23. The molecule has 0 aliphatic carbocycles. The molecule has 1 rings (SSSR count). The van der Waals surface area contributed by atoms with Crippen molar-refractivity contribution < 1.29 is 35.9 Å². The number of halogens is 1. The Morgan fingerprint density at radius 3 is 2.55 bits per heavy atom. The average molecular weight is 344 g/mol. The number of esters is 1. The minimum Gasteiger partial charge on any atom is -1.00 e. The summed E-state index contributed by atoms with van der Waals surface area (Å²) in [5, 5.41) is 0. The summed E-state index contributed by atoms with van der Waals surface area (Å²) in [6.45, 7) is 6.47. The van der Waals surface area contributed by atoms with Crippen LogP contribution in [0.15, 0.2) is 18.3 Å². The van der Waals surface area contributed by atoms with Gasteiger partial charge in [0, 0.05) is 25.5 Å². The molecule has 0 radical (unpaired) electrons. The largest absolute Gasteiger partial charge is 1.00 e. The number of rotatable bonds is 7. The van der Waals surface area contributed by atoms with Crippen LogP contribution < -0.4 is 21.5 Å². The highest BCUT2D eigenvalue weighted by Gasteiger charge is 2.15. The van der Waals surface area contributed by atoms with Gasteiger partial charge in [-0.2, -0.15) is 4.57 Å². The molecule has 0 bridgehead atoms. The van der Waals surface area contributed by atoms with E-state index in [1.807, 2.05) is 11.5 Å². The van der Waals surface area contributed by atoms with E-state index in [0.717, 1.165) is 18.5 Å². The number of hydrogen-bond acceptors (Lipinski definition) is 3. The maximum atomic E-state index is 11.7. The standard InChI is InChI=1S/C15H22NO3.BrH/c1-4-6-7-14(17)11-16-9-8-13(10-12(16)3)15(18)19-5-2;/h8-10H,4-7,11H2,1-3H3;1H/q+1;/p-1. The molecule has 5 heteroatoms. The molecule has 4 nitrogen and oxygen atoms in total. The van der Waals surface area contributed by atoms with E-state index in [2.05, 4.69) is 6.92 Å². The van der Waals surface area contributed by atoms with E-state index >= 15 is 0 Å². The van der Waals surface area contributed by atoms with E-state index in [-0.39, 0.29) is 28.7 Å². The topological polar surface area (TPSA) is 47.2 Å². The van der Waals surface area contributed by atoms with Crippen LogP contribution in [0.2, 0.25) is 0 Å². The lowest BCUT2D eigenvalue weighted by molar-refractivity contribution is -0.690. The van der Waals surface area contributed by atoms with E-state index < -0.39 is 0 Å². The smallest absolute Gasteiger partial charge is 0.338 e. The minimum absolute atomic E-state index is 0. The fraction of sp³-hybridized carbons (Fsp3) is 0.533. The van der Waals surface area contributed by atoms with E-state index in [4.69, 9.17) is 4.74 Å². The molecular weight excluding hydrogens is 322 g/mol. The Kier molecular flexibility index (Phi) is 9.05. The normalized spacial score (nSPS) is 9.75. The molecule has 0 aliphatic rings. The van der Waals surface area contributed by atoms with Crippen LogP contribution in [0.5, 0.6) is 0 Å². The van der Waals surface area contributed by atoms with Gasteiger partial charge in [-0.15, -0.1) is 0 Å². The predicted octanol–water partition coefficient (Wildman–Crippen LogP) is -0.777. The number of Topliss-reactive ketones (excluding diaryl/α,β-unsaturated/α-hetero) is 1. The summed E-state index contributed by atoms with van der Waals surface area (Å²) in [7, 11) is 0. The van der Waals surface area contributed by atoms with Gasteiger partial charge in [0.2, 0.25) is 6.54 Å². The van der Waals surface area contributed by atoms with Crippen molar-refractivity contribution in [3.8, 4) is 0 Å². The molecule has 0 aliphatic heterocycles. The maximum absolute atomic E-state index is 11.7. The molecule has 1 heterocycles. The Morgan fingerprint density at radius 1 is 1.30 bits per heavy atom. The van der Waals surface area contributed by atoms with Crippen LogP contribution >= 0.6 is 0 Å². The number of carbonyl (C=O) groups is 2. The van der Waals surface area contributed by atoms with Gasteiger partial charge in [0.1, 0.15) is 0 Å². The summed E-state index contributed by atoms with van der Waals surface area (Å²) in [4.78, 5) is 23.3. The summed E-state index contributed by atoms with van der Waals surface area (Å²) in [5.41, 5.74) is 1.41. The number of hydrogen-bond donors (Lipinski definition) is 0. The van der Waals surface area contributed by atoms with Crippen LogP contribution in [0.4, 0.5) is 0 Å². The van der Waals surface area contributed by atoms with Crippen LogP contribution in [0.3, 0.4) is 0 Å². The molecule has 1 aromatic rings. The molecule has 0 spiro atoms. The molecule has 0 atom stereocenters. The molecule has 0 fully saturated rings. The summed E-state index contributed by atoms with van der Waals surface area (Å²) in [6.07, 6.45) is 4.34. The fourth-order valence-electron chi connectivity index (χ4n) is 1.81. The molecule has 1 aromatic heterocycles. The highest BCUT2D eigenvalue weighted by molar-refractivity contribution is 5.89. The highest BCUT2D eigenvalue weighted by Crippen LogP contribution is 2.03. The van der Waals surface area contributed by atoms with Gasteiger partial charge in [-0.25, -0.2) is 4.79 Å². The average Bonchev–Trinajstić information content (AvgIpc) is 2.39. The van der Waals surface area contributed by atoms with Crippen LogP contribution in [0, 0.1) is 6.92 Å². The minimum atomic E-state index is -0.324. The summed E-state index contributed by atoms with van der Waals surface area (Å²) < 4.78 is 6.80. The third kappa shape index (κ3) is 5.82. The second-order valence-corrected chi connectivity index (χ2v) is 4.55. The van der Waals surface area contributed by atoms with Gasteiger partial charge in [0.05, 0.1) is 12.2 Å². The third-order valence-corrected chi connectivity index (χ3v) is 2.92. The molecule has 0 amide bonds. The molecule has 0 saturated carbocycles. The SMILES string of the molecule is CCCCC(=O)C[n+]1ccc(C(=O)OCC)cc1C.[Br-]. The van der Waals surface area contributed by atoms with Crippen LogP contribution in [-0.4, -0.2) is 18.4 Å². The zero-order chi connectivity index (χ0) is 14.3. The number of ketones is 1. The number of carbonyl (C=O) groups excluding carboxylic acids is 2. The van der Waals surface area contributed by atoms with Crippen molar-refractivity contribution in [1.82, 2.24) is 0 Å². The number of nitrogens with zero attached hydrogens (tertiary/aromatic N) is 1. The summed E-state index contributed by atoms with van der Waals surface area (Å²) in [5.74, 6) is -0.103. The second kappa shape index (κ2) is 9.64. The van der Waals surface area contributed by atoms with Crippen molar-refractivity contribution in [2.24, 2.45) is 0 Å². The first-order valence-electron chi connectivity index (χ1n) is 6.77. The Bertz CT molecular complexity index is 460. The van der Waals surface area contributed by atoms with Crippen LogP contribution in [-0.2, 0) is 16.1 Å². The molecule has 0 N–H and O–H groups in total. The van der Waals surface area contributed by atoms with Crippen molar-refractivity contribution in [2.45, 2.75) is 46.6 Å². The van der Waals surface area contributed by atoms with Crippen LogP contribution in [0.1, 0.15) is 49.2 Å². The lowest BCUT2D eigenvalue weighted by Crippen LogP contribution is -3.00. The predicted molar refractivity (Wildman–Crippen MR) is 71.9 cm³/mol. The lowest BCUT2D eigenvalue weighted by atomic mass is 10.1. The third-order valence-electron chi connectivity index (χ3n) is 2.92. The maximum Gasteiger partial charge on any atom is 0.338 e. The zero-order valence-electron chi connectivity index (χ0n) is 12.3. The molecule has 0 unspecified atom stereocenters. The summed E-state index contributed by atoms with van der Waals surface area (Å²) >= 11 is 0. The number of unbranched alkanes of at least 4 members (excludes halogenated alkanes) is 1. The summed E-state index contributed by atoms with van der Waals surface area (Å²) in [6, 6.07) is 3.45. The first-order valence-corrected chi connectivity index (χ1v) is 6.77. The van der Waals surface area contributed by atoms with Gasteiger partial charge in [-0.3, -0.25) is 4.79 Å². The lowest BCUT2D eigenvalue weighted by Gasteiger charge is -2.03. The van der Waals surface area contributed by atoms with E-state index in [9.17, 15) is 9.59 Å². The van der Waals surface area contributed by atoms with E-state index in [1.165, 1.54) is 0 Å². The highest BCUT2D eigenvalue weighted by atomic mass is 79.9. The zero-order valence-corrected chi connectivity index (χ0v) is 13.9. The number of ether oxygens (including phenoxy) is 1. The fourth-order valence-corrected chi connectivity index (χ4v) is 1.81. The van der Waals surface area contributed by atoms with Gasteiger partial charge < -0.3 is 21.7 Å². The van der Waals surface area contributed by atoms with Crippen molar-refractivity contribution in [1.29, 1.82) is 0 Å². The number of aryl methyl sites for hydroxylation is 1. The number of aromatic nitrogens is 1. The van der Waals surface area contributed by atoms with E-state index in [1.54, 1.807) is 25.3 Å². The van der Waals surface area contributed by atoms with Gasteiger partial charge in [0.25, 0.3) is 0 Å². The number of pyridine rings is 1. The molecule has 0 aromatic carbocycles. The van der Waals surface area contributed by atoms with Gasteiger partial charge in [-0.1, -0.05) is 13.3 Å². The molecule has 0 saturated heterocycles. The van der Waals surface area contributed by atoms with Crippen molar-refractivity contribution in [2.75, 3.05) is 6.61 Å². The van der Waals surface area contributed by atoms with Gasteiger partial charge >= 0.3 is 5.97 Å². The quantitative estimate of drug-likeness (QED) is 0.482. The molecular formula is C15H22BrNO3. The van der Waals surface area contributed by atoms with Crippen molar-refractivity contribution in [3.63, 3.8) is 0 Å². The van der Waals surface area contributed by atoms with E-state index in [0.29, 0.717) is 25.1 Å². The monoisotopic (exact) mass is 343 g/mol. The first-order chi connectivity index (χ1) is 9.08. The molecule has 112 valence electrons. The van der Waals surface area contributed by atoms with Gasteiger partial charge in [0.15, 0.2) is 17.7 Å². The molecule has 20 heavy (non-hydrogen) atoms. The van der Waals surface area contributed by atoms with Crippen molar-refractivity contribution in [3.05, 3.63) is 29.6 Å². The Balaban J connectivity index is 0.00000361. The first kappa shape index (κ1) is 18.8. The van der Waals surface area contributed by atoms with Crippen molar-refractivity contribution >= 4 is 11.8 Å². The van der Waals surface area contributed by atoms with Crippen LogP contribution in [0.25, 0.3) is 0 Å².